The quantitative estimate of drug-likeness (QED) is 0.728. The van der Waals surface area contributed by atoms with Gasteiger partial charge in [0.1, 0.15) is 4.21 Å². The van der Waals surface area contributed by atoms with Gasteiger partial charge >= 0.3 is 0 Å². The molecule has 16 heavy (non-hydrogen) atoms. The number of hydrogen-bond acceptors (Lipinski definition) is 5. The molecule has 0 aliphatic heterocycles. The van der Waals surface area contributed by atoms with Crippen molar-refractivity contribution in [2.45, 2.75) is 17.2 Å². The third kappa shape index (κ3) is 3.41. The summed E-state index contributed by atoms with van der Waals surface area (Å²) < 4.78 is 26.0. The lowest BCUT2D eigenvalue weighted by atomic mass is 10.4. The molecule has 0 aromatic carbocycles. The zero-order valence-electron chi connectivity index (χ0n) is 8.47. The Kier molecular flexibility index (Phi) is 4.72. The van der Waals surface area contributed by atoms with Crippen molar-refractivity contribution in [2.24, 2.45) is 0 Å². The van der Waals surface area contributed by atoms with Crippen molar-refractivity contribution in [1.29, 1.82) is 0 Å². The summed E-state index contributed by atoms with van der Waals surface area (Å²) in [4.78, 5) is 0. The highest BCUT2D eigenvalue weighted by atomic mass is 35.5. The Morgan fingerprint density at radius 2 is 2.25 bits per heavy atom. The first kappa shape index (κ1) is 13.9. The fourth-order valence-corrected chi connectivity index (χ4v) is 3.73. The lowest BCUT2D eigenvalue weighted by Crippen LogP contribution is -2.33. The molecule has 92 valence electrons. The highest BCUT2D eigenvalue weighted by molar-refractivity contribution is 7.91. The average Bonchev–Trinajstić information content (AvgIpc) is 2.56. The van der Waals surface area contributed by atoms with Crippen LogP contribution in [0, 0.1) is 6.92 Å². The highest BCUT2D eigenvalue weighted by Gasteiger charge is 2.19. The second-order valence-electron chi connectivity index (χ2n) is 3.21. The van der Waals surface area contributed by atoms with Crippen LogP contribution in [0.1, 0.15) is 5.56 Å². The summed E-state index contributed by atoms with van der Waals surface area (Å²) in [7, 11) is -3.65. The summed E-state index contributed by atoms with van der Waals surface area (Å²) in [6.07, 6.45) is -1.11. The lowest BCUT2D eigenvalue weighted by Gasteiger charge is -2.08. The van der Waals surface area contributed by atoms with Crippen LogP contribution in [0.4, 0.5) is 0 Å². The van der Waals surface area contributed by atoms with E-state index < -0.39 is 22.7 Å². The minimum Gasteiger partial charge on any atom is -0.394 e. The Hall–Kier alpha value is -0.180. The number of halogens is 1. The van der Waals surface area contributed by atoms with Gasteiger partial charge in [0.15, 0.2) is 0 Å². The van der Waals surface area contributed by atoms with Crippen molar-refractivity contribution in [3.05, 3.63) is 16.0 Å². The highest BCUT2D eigenvalue weighted by Crippen LogP contribution is 2.29. The first-order chi connectivity index (χ1) is 7.36. The van der Waals surface area contributed by atoms with Crippen LogP contribution < -0.4 is 4.72 Å². The SMILES string of the molecule is Cc1cc(S(=O)(=O)NCC(O)CO)sc1Cl. The van der Waals surface area contributed by atoms with Crippen LogP contribution in [0.25, 0.3) is 0 Å². The molecule has 1 heterocycles. The number of hydrogen-bond donors (Lipinski definition) is 3. The molecule has 0 fully saturated rings. The normalized spacial score (nSPS) is 14.0. The molecule has 0 bridgehead atoms. The van der Waals surface area contributed by atoms with Crippen molar-refractivity contribution in [1.82, 2.24) is 4.72 Å². The number of aryl methyl sites for hydroxylation is 1. The van der Waals surface area contributed by atoms with Gasteiger partial charge in [0.25, 0.3) is 0 Å². The van der Waals surface area contributed by atoms with E-state index in [2.05, 4.69) is 4.72 Å². The number of sulfonamides is 1. The number of thiophene rings is 1. The second-order valence-corrected chi connectivity index (χ2v) is 6.86. The van der Waals surface area contributed by atoms with E-state index in [9.17, 15) is 8.42 Å². The number of aliphatic hydroxyl groups is 2. The molecule has 0 spiro atoms. The molecule has 1 rings (SSSR count). The zero-order valence-corrected chi connectivity index (χ0v) is 10.9. The van der Waals surface area contributed by atoms with Gasteiger partial charge < -0.3 is 10.2 Å². The second kappa shape index (κ2) is 5.44. The molecule has 8 heteroatoms. The van der Waals surface area contributed by atoms with E-state index in [0.717, 1.165) is 11.3 Å². The molecule has 1 atom stereocenters. The van der Waals surface area contributed by atoms with Crippen LogP contribution in [0.3, 0.4) is 0 Å². The Balaban J connectivity index is 2.78. The van der Waals surface area contributed by atoms with Gasteiger partial charge in [0.05, 0.1) is 17.0 Å². The Morgan fingerprint density at radius 3 is 2.69 bits per heavy atom. The van der Waals surface area contributed by atoms with Crippen LogP contribution in [0.15, 0.2) is 10.3 Å². The van der Waals surface area contributed by atoms with Gasteiger partial charge in [-0.05, 0) is 18.6 Å². The molecule has 0 radical (unpaired) electrons. The van der Waals surface area contributed by atoms with Crippen LogP contribution in [0.5, 0.6) is 0 Å². The third-order valence-corrected chi connectivity index (χ3v) is 5.27. The monoisotopic (exact) mass is 285 g/mol. The first-order valence-corrected chi connectivity index (χ1v) is 7.09. The molecule has 3 N–H and O–H groups in total. The summed E-state index contributed by atoms with van der Waals surface area (Å²) in [5.74, 6) is 0. The van der Waals surface area contributed by atoms with E-state index in [4.69, 9.17) is 21.8 Å². The average molecular weight is 286 g/mol. The largest absolute Gasteiger partial charge is 0.394 e. The van der Waals surface area contributed by atoms with Gasteiger partial charge in [-0.3, -0.25) is 0 Å². The summed E-state index contributed by atoms with van der Waals surface area (Å²) in [5.41, 5.74) is 0.690. The van der Waals surface area contributed by atoms with Crippen LogP contribution in [0.2, 0.25) is 4.34 Å². The molecule has 0 amide bonds. The van der Waals surface area contributed by atoms with Gasteiger partial charge in [-0.2, -0.15) is 0 Å². The van der Waals surface area contributed by atoms with E-state index >= 15 is 0 Å². The smallest absolute Gasteiger partial charge is 0.250 e. The molecular formula is C8H12ClNO4S2. The molecule has 1 unspecified atom stereocenters. The fourth-order valence-electron chi connectivity index (χ4n) is 0.906. The number of aliphatic hydroxyl groups excluding tert-OH is 2. The molecule has 1 aromatic heterocycles. The predicted molar refractivity (Wildman–Crippen MR) is 62.3 cm³/mol. The fraction of sp³-hybridized carbons (Fsp3) is 0.500. The van der Waals surface area contributed by atoms with Gasteiger partial charge in [0.2, 0.25) is 10.0 Å². The summed E-state index contributed by atoms with van der Waals surface area (Å²) in [6, 6.07) is 1.46. The minimum atomic E-state index is -3.65. The summed E-state index contributed by atoms with van der Waals surface area (Å²) in [5, 5.41) is 17.6. The van der Waals surface area contributed by atoms with Crippen molar-refractivity contribution in [3.8, 4) is 0 Å². The van der Waals surface area contributed by atoms with Gasteiger partial charge in [0, 0.05) is 6.54 Å². The van der Waals surface area contributed by atoms with E-state index in [-0.39, 0.29) is 10.8 Å². The standard InChI is InChI=1S/C8H12ClNO4S2/c1-5-2-7(15-8(5)9)16(13,14)10-3-6(12)4-11/h2,6,10-12H,3-4H2,1H3. The van der Waals surface area contributed by atoms with Gasteiger partial charge in [-0.25, -0.2) is 13.1 Å². The maximum absolute atomic E-state index is 11.7. The zero-order chi connectivity index (χ0) is 12.3. The van der Waals surface area contributed by atoms with E-state index in [1.165, 1.54) is 6.07 Å². The molecule has 0 saturated heterocycles. The molecule has 1 aromatic rings. The van der Waals surface area contributed by atoms with Crippen molar-refractivity contribution in [2.75, 3.05) is 13.2 Å². The Labute approximate surface area is 103 Å². The van der Waals surface area contributed by atoms with Crippen LogP contribution in [-0.4, -0.2) is 37.9 Å². The van der Waals surface area contributed by atoms with Crippen molar-refractivity contribution >= 4 is 33.0 Å². The molecular weight excluding hydrogens is 274 g/mol. The Bertz CT molecular complexity index is 437. The molecule has 0 aliphatic rings. The summed E-state index contributed by atoms with van der Waals surface area (Å²) >= 11 is 6.71. The maximum atomic E-state index is 11.7. The predicted octanol–water partition coefficient (Wildman–Crippen LogP) is 0.341. The molecule has 5 nitrogen and oxygen atoms in total. The van der Waals surface area contributed by atoms with E-state index in [1.807, 2.05) is 0 Å². The van der Waals surface area contributed by atoms with E-state index in [1.54, 1.807) is 6.92 Å². The number of rotatable bonds is 5. The van der Waals surface area contributed by atoms with Gasteiger partial charge in [-0.15, -0.1) is 11.3 Å². The topological polar surface area (TPSA) is 86.6 Å². The summed E-state index contributed by atoms with van der Waals surface area (Å²) in [6.45, 7) is 0.987. The molecule has 0 saturated carbocycles. The van der Waals surface area contributed by atoms with Crippen LogP contribution >= 0.6 is 22.9 Å². The Morgan fingerprint density at radius 1 is 1.62 bits per heavy atom. The lowest BCUT2D eigenvalue weighted by molar-refractivity contribution is 0.0988. The maximum Gasteiger partial charge on any atom is 0.250 e. The van der Waals surface area contributed by atoms with Gasteiger partial charge in [-0.1, -0.05) is 11.6 Å². The van der Waals surface area contributed by atoms with Crippen molar-refractivity contribution < 1.29 is 18.6 Å². The van der Waals surface area contributed by atoms with Crippen LogP contribution in [-0.2, 0) is 10.0 Å². The van der Waals surface area contributed by atoms with E-state index in [0.29, 0.717) is 9.90 Å². The third-order valence-electron chi connectivity index (χ3n) is 1.82. The molecule has 0 aliphatic carbocycles. The first-order valence-electron chi connectivity index (χ1n) is 4.41. The minimum absolute atomic E-state index is 0.0974. The van der Waals surface area contributed by atoms with Crippen molar-refractivity contribution in [3.63, 3.8) is 0 Å². The number of nitrogens with one attached hydrogen (secondary N) is 1.